The van der Waals surface area contributed by atoms with E-state index < -0.39 is 0 Å². The van der Waals surface area contributed by atoms with Gasteiger partial charge in [-0.3, -0.25) is 0 Å². The van der Waals surface area contributed by atoms with Gasteiger partial charge in [0, 0.05) is 6.04 Å². The van der Waals surface area contributed by atoms with E-state index in [0.29, 0.717) is 11.5 Å². The van der Waals surface area contributed by atoms with Crippen LogP contribution in [-0.2, 0) is 0 Å². The SMILES string of the molecule is N[C@@H]1C2CCC(C2)C12CC1CCC2C1. The van der Waals surface area contributed by atoms with Crippen LogP contribution in [-0.4, -0.2) is 6.04 Å². The Kier molecular flexibility index (Phi) is 1.38. The Hall–Kier alpha value is -0.0400. The van der Waals surface area contributed by atoms with Crippen LogP contribution in [0.2, 0.25) is 0 Å². The number of hydrogen-bond donors (Lipinski definition) is 1. The van der Waals surface area contributed by atoms with E-state index >= 15 is 0 Å². The van der Waals surface area contributed by atoms with Gasteiger partial charge in [0.15, 0.2) is 0 Å². The highest BCUT2D eigenvalue weighted by Crippen LogP contribution is 2.69. The topological polar surface area (TPSA) is 26.0 Å². The van der Waals surface area contributed by atoms with Gasteiger partial charge in [0.25, 0.3) is 0 Å². The van der Waals surface area contributed by atoms with E-state index in [1.807, 2.05) is 0 Å². The largest absolute Gasteiger partial charge is 0.327 e. The molecule has 4 aliphatic carbocycles. The van der Waals surface area contributed by atoms with Crippen LogP contribution in [0.4, 0.5) is 0 Å². The summed E-state index contributed by atoms with van der Waals surface area (Å²) in [5.41, 5.74) is 7.21. The van der Waals surface area contributed by atoms with Gasteiger partial charge >= 0.3 is 0 Å². The summed E-state index contributed by atoms with van der Waals surface area (Å²) in [6.07, 6.45) is 10.5. The number of rotatable bonds is 0. The summed E-state index contributed by atoms with van der Waals surface area (Å²) in [5, 5.41) is 0. The van der Waals surface area contributed by atoms with E-state index in [0.717, 1.165) is 23.7 Å². The summed E-state index contributed by atoms with van der Waals surface area (Å²) in [7, 11) is 0. The van der Waals surface area contributed by atoms with Crippen molar-refractivity contribution in [2.24, 2.45) is 34.8 Å². The summed E-state index contributed by atoms with van der Waals surface area (Å²) in [6.45, 7) is 0. The summed E-state index contributed by atoms with van der Waals surface area (Å²) >= 11 is 0. The monoisotopic (exact) mass is 191 g/mol. The van der Waals surface area contributed by atoms with Crippen molar-refractivity contribution in [1.29, 1.82) is 0 Å². The van der Waals surface area contributed by atoms with Gasteiger partial charge in [-0.25, -0.2) is 0 Å². The lowest BCUT2D eigenvalue weighted by atomic mass is 9.61. The van der Waals surface area contributed by atoms with E-state index in [2.05, 4.69) is 0 Å². The second-order valence-electron chi connectivity index (χ2n) is 6.49. The molecular formula is C13H21N. The molecule has 4 fully saturated rings. The fourth-order valence-electron chi connectivity index (χ4n) is 5.87. The van der Waals surface area contributed by atoms with Gasteiger partial charge in [-0.2, -0.15) is 0 Å². The molecule has 0 heterocycles. The molecule has 0 radical (unpaired) electrons. The molecule has 0 aliphatic heterocycles. The third kappa shape index (κ3) is 0.711. The molecule has 4 saturated carbocycles. The molecule has 0 saturated heterocycles. The van der Waals surface area contributed by atoms with Crippen LogP contribution in [0.3, 0.4) is 0 Å². The number of hydrogen-bond acceptors (Lipinski definition) is 1. The lowest BCUT2D eigenvalue weighted by molar-refractivity contribution is 0.0574. The van der Waals surface area contributed by atoms with Gasteiger partial charge in [0.05, 0.1) is 0 Å². The van der Waals surface area contributed by atoms with Gasteiger partial charge in [-0.1, -0.05) is 6.42 Å². The molecule has 1 nitrogen and oxygen atoms in total. The molecule has 4 bridgehead atoms. The first-order chi connectivity index (χ1) is 6.80. The zero-order valence-corrected chi connectivity index (χ0v) is 8.91. The van der Waals surface area contributed by atoms with Gasteiger partial charge in [0.2, 0.25) is 0 Å². The maximum absolute atomic E-state index is 6.55. The molecule has 1 heteroatoms. The quantitative estimate of drug-likeness (QED) is 0.625. The van der Waals surface area contributed by atoms with Gasteiger partial charge in [-0.15, -0.1) is 0 Å². The Labute approximate surface area is 86.4 Å². The first-order valence-electron chi connectivity index (χ1n) is 6.56. The highest BCUT2D eigenvalue weighted by Gasteiger charge is 2.64. The minimum absolute atomic E-state index is 0.594. The Morgan fingerprint density at radius 1 is 0.929 bits per heavy atom. The van der Waals surface area contributed by atoms with Crippen LogP contribution in [0.5, 0.6) is 0 Å². The molecule has 5 unspecified atom stereocenters. The van der Waals surface area contributed by atoms with E-state index in [1.165, 1.54) is 44.9 Å². The van der Waals surface area contributed by atoms with E-state index in [9.17, 15) is 0 Å². The summed E-state index contributed by atoms with van der Waals surface area (Å²) in [5.74, 6) is 4.07. The molecule has 78 valence electrons. The van der Waals surface area contributed by atoms with Crippen LogP contribution in [0, 0.1) is 29.1 Å². The van der Waals surface area contributed by atoms with Crippen molar-refractivity contribution in [3.63, 3.8) is 0 Å². The standard InChI is InChI=1S/C13H21N/c14-12-9-2-4-11(6-9)13(12)7-8-1-3-10(13)5-8/h8-12H,1-7,14H2/t8?,9?,10?,11?,12-,13?/m1/s1. The smallest absolute Gasteiger partial charge is 0.0129 e. The highest BCUT2D eigenvalue weighted by atomic mass is 14.8. The molecule has 4 aliphatic rings. The van der Waals surface area contributed by atoms with Crippen LogP contribution in [0.15, 0.2) is 0 Å². The number of fused-ring (bicyclic) bond motifs is 6. The van der Waals surface area contributed by atoms with Gasteiger partial charge in [0.1, 0.15) is 0 Å². The minimum atomic E-state index is 0.594. The third-order valence-corrected chi connectivity index (χ3v) is 6.31. The van der Waals surface area contributed by atoms with Gasteiger partial charge in [-0.05, 0) is 67.6 Å². The van der Waals surface area contributed by atoms with Crippen molar-refractivity contribution in [2.45, 2.75) is 51.0 Å². The Balaban J connectivity index is 1.76. The lowest BCUT2D eigenvalue weighted by Gasteiger charge is -2.46. The first-order valence-corrected chi connectivity index (χ1v) is 6.56. The van der Waals surface area contributed by atoms with Crippen molar-refractivity contribution in [3.05, 3.63) is 0 Å². The van der Waals surface area contributed by atoms with Crippen LogP contribution in [0.25, 0.3) is 0 Å². The Morgan fingerprint density at radius 2 is 1.71 bits per heavy atom. The molecule has 0 aromatic rings. The van der Waals surface area contributed by atoms with Crippen molar-refractivity contribution < 1.29 is 0 Å². The van der Waals surface area contributed by atoms with E-state index in [-0.39, 0.29) is 0 Å². The van der Waals surface area contributed by atoms with Crippen molar-refractivity contribution in [2.75, 3.05) is 0 Å². The summed E-state index contributed by atoms with van der Waals surface area (Å²) in [6, 6.07) is 0.594. The zero-order chi connectivity index (χ0) is 9.34. The molecule has 2 N–H and O–H groups in total. The molecule has 6 atom stereocenters. The van der Waals surface area contributed by atoms with Crippen LogP contribution >= 0.6 is 0 Å². The molecule has 1 spiro atoms. The fourth-order valence-corrected chi connectivity index (χ4v) is 5.87. The Bertz CT molecular complexity index is 263. The third-order valence-electron chi connectivity index (χ3n) is 6.31. The van der Waals surface area contributed by atoms with Crippen molar-refractivity contribution in [3.8, 4) is 0 Å². The minimum Gasteiger partial charge on any atom is -0.327 e. The average molecular weight is 191 g/mol. The lowest BCUT2D eigenvalue weighted by Crippen LogP contribution is -2.49. The van der Waals surface area contributed by atoms with E-state index in [1.54, 1.807) is 0 Å². The van der Waals surface area contributed by atoms with Crippen molar-refractivity contribution >= 4 is 0 Å². The van der Waals surface area contributed by atoms with Crippen LogP contribution < -0.4 is 5.73 Å². The molecular weight excluding hydrogens is 170 g/mol. The summed E-state index contributed by atoms with van der Waals surface area (Å²) in [4.78, 5) is 0. The predicted octanol–water partition coefficient (Wildman–Crippen LogP) is 2.55. The average Bonchev–Trinajstić information content (AvgIpc) is 2.91. The summed E-state index contributed by atoms with van der Waals surface area (Å²) < 4.78 is 0. The maximum Gasteiger partial charge on any atom is 0.0129 e. The highest BCUT2D eigenvalue weighted by molar-refractivity contribution is 5.16. The maximum atomic E-state index is 6.55. The second-order valence-corrected chi connectivity index (χ2v) is 6.49. The molecule has 14 heavy (non-hydrogen) atoms. The molecule has 0 aromatic carbocycles. The normalized spacial score (nSPS) is 64.5. The first kappa shape index (κ1) is 8.15. The zero-order valence-electron chi connectivity index (χ0n) is 8.91. The number of nitrogens with two attached hydrogens (primary N) is 1. The van der Waals surface area contributed by atoms with E-state index in [4.69, 9.17) is 5.73 Å². The Morgan fingerprint density at radius 3 is 2.29 bits per heavy atom. The second kappa shape index (κ2) is 2.37. The molecule has 0 aromatic heterocycles. The van der Waals surface area contributed by atoms with Crippen molar-refractivity contribution in [1.82, 2.24) is 0 Å². The molecule has 4 rings (SSSR count). The predicted molar refractivity (Wildman–Crippen MR) is 56.7 cm³/mol. The molecule has 0 amide bonds. The van der Waals surface area contributed by atoms with Crippen LogP contribution in [0.1, 0.15) is 44.9 Å². The van der Waals surface area contributed by atoms with Gasteiger partial charge < -0.3 is 5.73 Å². The fraction of sp³-hybridized carbons (Fsp3) is 1.00.